The molecule has 1 heterocycles. The van der Waals surface area contributed by atoms with E-state index in [9.17, 15) is 4.79 Å². The summed E-state index contributed by atoms with van der Waals surface area (Å²) in [7, 11) is 0. The van der Waals surface area contributed by atoms with Gasteiger partial charge in [-0.1, -0.05) is 29.8 Å². The Morgan fingerprint density at radius 2 is 2.05 bits per heavy atom. The molecule has 3 nitrogen and oxygen atoms in total. The Hall–Kier alpha value is -0.900. The maximum Gasteiger partial charge on any atom is 0.162 e. The van der Waals surface area contributed by atoms with Gasteiger partial charge < -0.3 is 10.5 Å². The van der Waals surface area contributed by atoms with Gasteiger partial charge in [-0.05, 0) is 43.7 Å². The molecule has 1 saturated carbocycles. The first-order valence-electron chi connectivity index (χ1n) is 7.33. The molecule has 2 aliphatic rings. The summed E-state index contributed by atoms with van der Waals surface area (Å²) in [4.78, 5) is 12.9. The lowest BCUT2D eigenvalue weighted by Crippen LogP contribution is -2.53. The van der Waals surface area contributed by atoms with E-state index in [0.717, 1.165) is 37.9 Å². The van der Waals surface area contributed by atoms with Crippen molar-refractivity contribution in [2.24, 2.45) is 11.7 Å². The second kappa shape index (κ2) is 5.47. The van der Waals surface area contributed by atoms with Crippen LogP contribution in [0.15, 0.2) is 24.3 Å². The van der Waals surface area contributed by atoms with Crippen LogP contribution < -0.4 is 5.73 Å². The number of hydrogen-bond donors (Lipinski definition) is 1. The quantitative estimate of drug-likeness (QED) is 0.912. The van der Waals surface area contributed by atoms with E-state index in [0.29, 0.717) is 11.4 Å². The molecule has 2 fully saturated rings. The van der Waals surface area contributed by atoms with Gasteiger partial charge in [-0.3, -0.25) is 4.79 Å². The Labute approximate surface area is 124 Å². The highest BCUT2D eigenvalue weighted by atomic mass is 35.5. The van der Waals surface area contributed by atoms with Gasteiger partial charge >= 0.3 is 0 Å². The van der Waals surface area contributed by atoms with Crippen molar-refractivity contribution in [3.8, 4) is 0 Å². The van der Waals surface area contributed by atoms with Gasteiger partial charge in [0.05, 0.1) is 6.10 Å². The van der Waals surface area contributed by atoms with E-state index in [1.807, 2.05) is 18.2 Å². The van der Waals surface area contributed by atoms with Crippen molar-refractivity contribution in [3.63, 3.8) is 0 Å². The van der Waals surface area contributed by atoms with Gasteiger partial charge in [-0.2, -0.15) is 0 Å². The summed E-state index contributed by atoms with van der Waals surface area (Å²) >= 11 is 6.26. The highest BCUT2D eigenvalue weighted by molar-refractivity contribution is 6.31. The molecular weight excluding hydrogens is 274 g/mol. The molecule has 1 aromatic rings. The first-order chi connectivity index (χ1) is 9.63. The van der Waals surface area contributed by atoms with Gasteiger partial charge in [0.2, 0.25) is 0 Å². The largest absolute Gasteiger partial charge is 0.377 e. The van der Waals surface area contributed by atoms with Gasteiger partial charge in [0.25, 0.3) is 0 Å². The maximum atomic E-state index is 12.9. The Kier molecular flexibility index (Phi) is 3.85. The number of Topliss-reactive ketones (excluding diaryl/α,β-unsaturated/α-hetero) is 1. The van der Waals surface area contributed by atoms with E-state index >= 15 is 0 Å². The maximum absolute atomic E-state index is 12.9. The molecule has 0 aromatic heterocycles. The molecular formula is C16H20ClNO2. The molecule has 4 heteroatoms. The standard InChI is InChI=1S/C16H20ClNO2/c17-13-7-2-1-6-12(13)16(18)9-3-5-11(15(16)19)14-8-4-10-20-14/h1-2,6-7,11,14H,3-5,8-10,18H2. The molecule has 0 amide bonds. The molecule has 0 radical (unpaired) electrons. The number of benzene rings is 1. The Morgan fingerprint density at radius 3 is 2.75 bits per heavy atom. The minimum Gasteiger partial charge on any atom is -0.377 e. The van der Waals surface area contributed by atoms with Crippen molar-refractivity contribution in [1.29, 1.82) is 0 Å². The average Bonchev–Trinajstić information content (AvgIpc) is 2.96. The third kappa shape index (κ3) is 2.28. The van der Waals surface area contributed by atoms with Crippen LogP contribution in [-0.2, 0) is 15.1 Å². The zero-order valence-corrected chi connectivity index (χ0v) is 12.2. The fourth-order valence-corrected chi connectivity index (χ4v) is 3.86. The molecule has 1 aromatic carbocycles. The van der Waals surface area contributed by atoms with E-state index < -0.39 is 5.54 Å². The smallest absolute Gasteiger partial charge is 0.162 e. The highest BCUT2D eigenvalue weighted by Crippen LogP contribution is 2.41. The van der Waals surface area contributed by atoms with Crippen LogP contribution in [0.2, 0.25) is 5.02 Å². The topological polar surface area (TPSA) is 52.3 Å². The summed E-state index contributed by atoms with van der Waals surface area (Å²) in [5, 5.41) is 0.580. The van der Waals surface area contributed by atoms with Crippen LogP contribution in [0.1, 0.15) is 37.7 Å². The van der Waals surface area contributed by atoms with Crippen LogP contribution in [-0.4, -0.2) is 18.5 Å². The van der Waals surface area contributed by atoms with E-state index in [1.165, 1.54) is 0 Å². The number of halogens is 1. The van der Waals surface area contributed by atoms with Crippen LogP contribution in [0.3, 0.4) is 0 Å². The monoisotopic (exact) mass is 293 g/mol. The second-order valence-corrected chi connectivity index (χ2v) is 6.27. The summed E-state index contributed by atoms with van der Waals surface area (Å²) < 4.78 is 5.71. The molecule has 0 spiro atoms. The molecule has 1 saturated heterocycles. The first-order valence-corrected chi connectivity index (χ1v) is 7.70. The predicted molar refractivity (Wildman–Crippen MR) is 78.6 cm³/mol. The molecule has 3 unspecified atom stereocenters. The minimum atomic E-state index is -0.951. The van der Waals surface area contributed by atoms with Gasteiger partial charge in [0.1, 0.15) is 5.54 Å². The van der Waals surface area contributed by atoms with E-state index in [1.54, 1.807) is 6.07 Å². The van der Waals surface area contributed by atoms with Crippen molar-refractivity contribution < 1.29 is 9.53 Å². The van der Waals surface area contributed by atoms with Crippen molar-refractivity contribution in [1.82, 2.24) is 0 Å². The third-order valence-corrected chi connectivity index (χ3v) is 4.96. The van der Waals surface area contributed by atoms with Crippen molar-refractivity contribution in [2.45, 2.75) is 43.7 Å². The Bertz CT molecular complexity index is 513. The summed E-state index contributed by atoms with van der Waals surface area (Å²) in [6.45, 7) is 0.762. The fourth-order valence-electron chi connectivity index (χ4n) is 3.55. The van der Waals surface area contributed by atoms with Gasteiger partial charge in [0.15, 0.2) is 5.78 Å². The van der Waals surface area contributed by atoms with E-state index in [2.05, 4.69) is 0 Å². The fraction of sp³-hybridized carbons (Fsp3) is 0.562. The van der Waals surface area contributed by atoms with Gasteiger partial charge in [-0.25, -0.2) is 0 Å². The number of carbonyl (C=O) groups is 1. The normalized spacial score (nSPS) is 34.4. The zero-order chi connectivity index (χ0) is 14.2. The number of carbonyl (C=O) groups excluding carboxylic acids is 1. The molecule has 108 valence electrons. The number of nitrogens with two attached hydrogens (primary N) is 1. The Balaban J connectivity index is 1.92. The average molecular weight is 294 g/mol. The summed E-state index contributed by atoms with van der Waals surface area (Å²) in [6, 6.07) is 7.42. The number of ketones is 1. The molecule has 0 bridgehead atoms. The van der Waals surface area contributed by atoms with Crippen LogP contribution in [0.4, 0.5) is 0 Å². The molecule has 3 atom stereocenters. The zero-order valence-electron chi connectivity index (χ0n) is 11.5. The SMILES string of the molecule is NC1(c2ccccc2Cl)CCCC(C2CCCO2)C1=O. The molecule has 3 rings (SSSR count). The lowest BCUT2D eigenvalue weighted by atomic mass is 9.69. The highest BCUT2D eigenvalue weighted by Gasteiger charge is 2.47. The van der Waals surface area contributed by atoms with Crippen molar-refractivity contribution in [3.05, 3.63) is 34.9 Å². The predicted octanol–water partition coefficient (Wildman–Crippen LogP) is 3.04. The lowest BCUT2D eigenvalue weighted by Gasteiger charge is -2.39. The van der Waals surface area contributed by atoms with E-state index in [4.69, 9.17) is 22.1 Å². The third-order valence-electron chi connectivity index (χ3n) is 4.63. The lowest BCUT2D eigenvalue weighted by molar-refractivity contribution is -0.135. The number of rotatable bonds is 2. The summed E-state index contributed by atoms with van der Waals surface area (Å²) in [5.74, 6) is 0.0243. The van der Waals surface area contributed by atoms with Crippen molar-refractivity contribution in [2.75, 3.05) is 6.61 Å². The summed E-state index contributed by atoms with van der Waals surface area (Å²) in [5.41, 5.74) is 6.30. The molecule has 1 aliphatic heterocycles. The van der Waals surface area contributed by atoms with Crippen LogP contribution in [0, 0.1) is 5.92 Å². The van der Waals surface area contributed by atoms with Crippen molar-refractivity contribution >= 4 is 17.4 Å². The van der Waals surface area contributed by atoms with Gasteiger partial charge in [0, 0.05) is 17.5 Å². The second-order valence-electron chi connectivity index (χ2n) is 5.87. The Morgan fingerprint density at radius 1 is 1.25 bits per heavy atom. The molecule has 2 N–H and O–H groups in total. The minimum absolute atomic E-state index is 0.0493. The number of hydrogen-bond acceptors (Lipinski definition) is 3. The van der Waals surface area contributed by atoms with Crippen LogP contribution in [0.25, 0.3) is 0 Å². The summed E-state index contributed by atoms with van der Waals surface area (Å²) in [6.07, 6.45) is 4.55. The van der Waals surface area contributed by atoms with Gasteiger partial charge in [-0.15, -0.1) is 0 Å². The van der Waals surface area contributed by atoms with Crippen LogP contribution in [0.5, 0.6) is 0 Å². The number of ether oxygens (including phenoxy) is 1. The first kappa shape index (κ1) is 14.1. The molecule has 20 heavy (non-hydrogen) atoms. The molecule has 1 aliphatic carbocycles. The van der Waals surface area contributed by atoms with E-state index in [-0.39, 0.29) is 17.8 Å². The van der Waals surface area contributed by atoms with Crippen LogP contribution >= 0.6 is 11.6 Å².